The van der Waals surface area contributed by atoms with Crippen molar-refractivity contribution in [1.82, 2.24) is 30.9 Å². The van der Waals surface area contributed by atoms with E-state index in [1.807, 2.05) is 31.2 Å². The van der Waals surface area contributed by atoms with Crippen molar-refractivity contribution in [3.63, 3.8) is 0 Å². The lowest BCUT2D eigenvalue weighted by Gasteiger charge is -2.08. The van der Waals surface area contributed by atoms with E-state index in [0.717, 1.165) is 15.2 Å². The summed E-state index contributed by atoms with van der Waals surface area (Å²) in [6.07, 6.45) is 1.02. The predicted molar refractivity (Wildman–Crippen MR) is 78.7 cm³/mol. The Kier molecular flexibility index (Phi) is 3.87. The van der Waals surface area contributed by atoms with Crippen molar-refractivity contribution in [2.45, 2.75) is 25.8 Å². The van der Waals surface area contributed by atoms with Gasteiger partial charge in [-0.2, -0.15) is 5.21 Å². The number of amides is 1. The van der Waals surface area contributed by atoms with E-state index < -0.39 is 0 Å². The van der Waals surface area contributed by atoms with Crippen LogP contribution in [0.25, 0.3) is 10.2 Å². The number of H-pyrrole nitrogens is 1. The predicted octanol–water partition coefficient (Wildman–Crippen LogP) is 1.62. The van der Waals surface area contributed by atoms with Crippen LogP contribution in [-0.4, -0.2) is 31.5 Å². The molecule has 0 aliphatic rings. The van der Waals surface area contributed by atoms with Gasteiger partial charge in [-0.05, 0) is 19.1 Å². The monoisotopic (exact) mass is 302 g/mol. The summed E-state index contributed by atoms with van der Waals surface area (Å²) in [5.74, 6) is 0.426. The zero-order chi connectivity index (χ0) is 14.7. The topological polar surface area (TPSA) is 96.5 Å². The zero-order valence-electron chi connectivity index (χ0n) is 11.4. The summed E-state index contributed by atoms with van der Waals surface area (Å²) in [5, 5.41) is 17.3. The number of carbonyl (C=O) groups excluding carboxylic acids is 1. The highest BCUT2D eigenvalue weighted by atomic mass is 32.1. The molecule has 0 bridgehead atoms. The number of nitrogens with zero attached hydrogens (tertiary/aromatic N) is 4. The molecular formula is C13H14N6OS. The van der Waals surface area contributed by atoms with E-state index in [4.69, 9.17) is 0 Å². The van der Waals surface area contributed by atoms with Gasteiger partial charge < -0.3 is 5.32 Å². The maximum absolute atomic E-state index is 11.9. The summed E-state index contributed by atoms with van der Waals surface area (Å²) in [6, 6.07) is 7.71. The number of hydrogen-bond donors (Lipinski definition) is 2. The van der Waals surface area contributed by atoms with E-state index in [9.17, 15) is 4.79 Å². The minimum atomic E-state index is -0.258. The molecule has 1 atom stereocenters. The van der Waals surface area contributed by atoms with Crippen LogP contribution in [0.5, 0.6) is 0 Å². The number of benzene rings is 1. The molecule has 0 aliphatic heterocycles. The van der Waals surface area contributed by atoms with Crippen molar-refractivity contribution in [2.75, 3.05) is 0 Å². The number of rotatable bonds is 5. The Morgan fingerprint density at radius 2 is 2.29 bits per heavy atom. The molecule has 7 nitrogen and oxygen atoms in total. The van der Waals surface area contributed by atoms with Gasteiger partial charge in [-0.15, -0.1) is 21.5 Å². The fourth-order valence-corrected chi connectivity index (χ4v) is 2.95. The van der Waals surface area contributed by atoms with Crippen LogP contribution in [0.15, 0.2) is 24.3 Å². The van der Waals surface area contributed by atoms with Gasteiger partial charge in [0, 0.05) is 12.8 Å². The molecule has 1 unspecified atom stereocenters. The van der Waals surface area contributed by atoms with Crippen LogP contribution in [0.4, 0.5) is 0 Å². The van der Waals surface area contributed by atoms with Crippen LogP contribution in [0.1, 0.15) is 30.2 Å². The molecule has 8 heteroatoms. The average molecular weight is 302 g/mol. The molecule has 0 radical (unpaired) electrons. The minimum absolute atomic E-state index is 0.0495. The second-order valence-corrected chi connectivity index (χ2v) is 5.75. The number of tetrazole rings is 1. The second kappa shape index (κ2) is 5.96. The Morgan fingerprint density at radius 1 is 1.43 bits per heavy atom. The van der Waals surface area contributed by atoms with Gasteiger partial charge in [0.15, 0.2) is 5.82 Å². The van der Waals surface area contributed by atoms with E-state index in [-0.39, 0.29) is 11.9 Å². The summed E-state index contributed by atoms with van der Waals surface area (Å²) in [6.45, 7) is 1.82. The Morgan fingerprint density at radius 3 is 3.05 bits per heavy atom. The average Bonchev–Trinajstić information content (AvgIpc) is 3.14. The molecule has 0 fully saturated rings. The molecular weight excluding hydrogens is 288 g/mol. The molecule has 2 N–H and O–H groups in total. The first-order chi connectivity index (χ1) is 10.2. The molecule has 0 saturated heterocycles. The first kappa shape index (κ1) is 13.6. The van der Waals surface area contributed by atoms with E-state index in [2.05, 4.69) is 30.9 Å². The molecule has 1 amide bonds. The maximum Gasteiger partial charge on any atom is 0.221 e. The molecule has 3 rings (SSSR count). The van der Waals surface area contributed by atoms with Crippen molar-refractivity contribution >= 4 is 27.5 Å². The largest absolute Gasteiger partial charge is 0.346 e. The molecule has 108 valence electrons. The van der Waals surface area contributed by atoms with Crippen molar-refractivity contribution in [1.29, 1.82) is 0 Å². The van der Waals surface area contributed by atoms with Gasteiger partial charge in [-0.1, -0.05) is 17.3 Å². The van der Waals surface area contributed by atoms with Crippen molar-refractivity contribution in [3.8, 4) is 0 Å². The summed E-state index contributed by atoms with van der Waals surface area (Å²) in [7, 11) is 0. The Labute approximate surface area is 124 Å². The van der Waals surface area contributed by atoms with E-state index in [0.29, 0.717) is 18.7 Å². The number of para-hydroxylation sites is 1. The van der Waals surface area contributed by atoms with E-state index >= 15 is 0 Å². The number of thiazole rings is 1. The molecule has 0 spiro atoms. The van der Waals surface area contributed by atoms with Crippen LogP contribution in [0, 0.1) is 0 Å². The molecule has 2 aromatic heterocycles. The van der Waals surface area contributed by atoms with Crippen molar-refractivity contribution < 1.29 is 4.79 Å². The van der Waals surface area contributed by atoms with Crippen molar-refractivity contribution in [3.05, 3.63) is 35.1 Å². The third-order valence-electron chi connectivity index (χ3n) is 3.03. The second-order valence-electron chi connectivity index (χ2n) is 4.63. The fraction of sp³-hybridized carbons (Fsp3) is 0.308. The van der Waals surface area contributed by atoms with Gasteiger partial charge in [0.1, 0.15) is 0 Å². The first-order valence-electron chi connectivity index (χ1n) is 6.59. The lowest BCUT2D eigenvalue weighted by Crippen LogP contribution is -2.27. The van der Waals surface area contributed by atoms with E-state index in [1.165, 1.54) is 0 Å². The van der Waals surface area contributed by atoms with Crippen LogP contribution >= 0.6 is 11.3 Å². The quantitative estimate of drug-likeness (QED) is 0.746. The normalized spacial score (nSPS) is 12.4. The van der Waals surface area contributed by atoms with E-state index in [1.54, 1.807) is 11.3 Å². The number of aromatic amines is 1. The molecule has 0 saturated carbocycles. The highest BCUT2D eigenvalue weighted by molar-refractivity contribution is 7.18. The van der Waals surface area contributed by atoms with Gasteiger partial charge in [0.25, 0.3) is 0 Å². The summed E-state index contributed by atoms with van der Waals surface area (Å²) < 4.78 is 1.15. The van der Waals surface area contributed by atoms with Gasteiger partial charge in [-0.3, -0.25) is 4.79 Å². The number of aromatic nitrogens is 5. The zero-order valence-corrected chi connectivity index (χ0v) is 12.2. The first-order valence-corrected chi connectivity index (χ1v) is 7.41. The summed E-state index contributed by atoms with van der Waals surface area (Å²) in [5.41, 5.74) is 0.984. The van der Waals surface area contributed by atoms with Crippen LogP contribution in [0.2, 0.25) is 0 Å². The Hall–Kier alpha value is -2.35. The number of nitrogens with one attached hydrogen (secondary N) is 2. The summed E-state index contributed by atoms with van der Waals surface area (Å²) >= 11 is 1.63. The number of fused-ring (bicyclic) bond motifs is 1. The standard InChI is InChI=1S/C13H14N6OS/c1-8(13-16-18-19-17-13)14-11(20)6-7-12-15-9-4-2-3-5-10(9)21-12/h2-5,8H,6-7H2,1H3,(H,14,20)(H,16,17,18,19). The fourth-order valence-electron chi connectivity index (χ4n) is 1.98. The highest BCUT2D eigenvalue weighted by Crippen LogP contribution is 2.22. The van der Waals surface area contributed by atoms with Crippen molar-refractivity contribution in [2.24, 2.45) is 0 Å². The molecule has 2 heterocycles. The van der Waals surface area contributed by atoms with Gasteiger partial charge >= 0.3 is 0 Å². The number of hydrogen-bond acceptors (Lipinski definition) is 6. The Balaban J connectivity index is 1.56. The minimum Gasteiger partial charge on any atom is -0.346 e. The van der Waals surface area contributed by atoms with Crippen LogP contribution in [0.3, 0.4) is 0 Å². The smallest absolute Gasteiger partial charge is 0.221 e. The van der Waals surface area contributed by atoms with Gasteiger partial charge in [0.05, 0.1) is 21.3 Å². The Bertz CT molecular complexity index is 705. The lowest BCUT2D eigenvalue weighted by atomic mass is 10.2. The maximum atomic E-state index is 11.9. The van der Waals surface area contributed by atoms with Crippen LogP contribution < -0.4 is 5.32 Å². The van der Waals surface area contributed by atoms with Gasteiger partial charge in [0.2, 0.25) is 5.91 Å². The molecule has 1 aromatic carbocycles. The number of aryl methyl sites for hydroxylation is 1. The number of carbonyl (C=O) groups is 1. The summed E-state index contributed by atoms with van der Waals surface area (Å²) in [4.78, 5) is 16.4. The lowest BCUT2D eigenvalue weighted by molar-refractivity contribution is -0.121. The molecule has 0 aliphatic carbocycles. The third kappa shape index (κ3) is 3.22. The van der Waals surface area contributed by atoms with Gasteiger partial charge in [-0.25, -0.2) is 4.98 Å². The molecule has 3 aromatic rings. The van der Waals surface area contributed by atoms with Crippen LogP contribution in [-0.2, 0) is 11.2 Å². The molecule has 21 heavy (non-hydrogen) atoms. The third-order valence-corrected chi connectivity index (χ3v) is 4.13. The SMILES string of the molecule is CC(NC(=O)CCc1nc2ccccc2s1)c1nn[nH]n1. The highest BCUT2D eigenvalue weighted by Gasteiger charge is 2.14.